The van der Waals surface area contributed by atoms with Gasteiger partial charge in [0, 0.05) is 34.8 Å². The van der Waals surface area contributed by atoms with Gasteiger partial charge in [-0.05, 0) is 93.6 Å². The highest BCUT2D eigenvalue weighted by atomic mass is 16.5. The van der Waals surface area contributed by atoms with Gasteiger partial charge >= 0.3 is 0 Å². The molecule has 0 spiro atoms. The lowest BCUT2D eigenvalue weighted by molar-refractivity contribution is 0.0925. The van der Waals surface area contributed by atoms with Gasteiger partial charge in [0.05, 0.1) is 13.2 Å². The van der Waals surface area contributed by atoms with Crippen LogP contribution in [0.1, 0.15) is 66.6 Å². The lowest BCUT2D eigenvalue weighted by Gasteiger charge is -2.26. The molecule has 1 saturated carbocycles. The smallest absolute Gasteiger partial charge is 0.251 e. The van der Waals surface area contributed by atoms with Crippen LogP contribution in [0.2, 0.25) is 0 Å². The largest absolute Gasteiger partial charge is 0.489 e. The molecule has 0 aliphatic heterocycles. The zero-order chi connectivity index (χ0) is 29.2. The number of nitrogens with one attached hydrogen (secondary N) is 3. The number of amides is 1. The third-order valence-electron chi connectivity index (χ3n) is 6.80. The van der Waals surface area contributed by atoms with Crippen LogP contribution < -0.4 is 20.5 Å². The van der Waals surface area contributed by atoms with Crippen molar-refractivity contribution in [3.63, 3.8) is 0 Å². The Bertz CT molecular complexity index is 1330. The number of nitrogens with two attached hydrogens (primary N) is 1. The van der Waals surface area contributed by atoms with Gasteiger partial charge in [0.2, 0.25) is 11.8 Å². The molecule has 0 heterocycles. The number of rotatable bonds is 11. The van der Waals surface area contributed by atoms with E-state index in [1.807, 2.05) is 38.1 Å². The highest BCUT2D eigenvalue weighted by Crippen LogP contribution is 2.29. The fourth-order valence-corrected chi connectivity index (χ4v) is 4.56. The molecule has 1 aliphatic rings. The SMILES string of the molecule is CCOC(=N)c1ccc(COc2cc(Oc3ccc(C(=N)OCC)cc3)cc(C(=O)NC3CCC(N)CC3)c2)cc1. The summed E-state index contributed by atoms with van der Waals surface area (Å²) in [7, 11) is 0. The molecule has 216 valence electrons. The van der Waals surface area contributed by atoms with Crippen molar-refractivity contribution in [3.8, 4) is 17.2 Å². The van der Waals surface area contributed by atoms with Crippen LogP contribution in [0.4, 0.5) is 0 Å². The van der Waals surface area contributed by atoms with Gasteiger partial charge in [-0.15, -0.1) is 0 Å². The summed E-state index contributed by atoms with van der Waals surface area (Å²) < 4.78 is 22.7. The second kappa shape index (κ2) is 14.3. The molecule has 1 amide bonds. The third kappa shape index (κ3) is 8.56. The van der Waals surface area contributed by atoms with Gasteiger partial charge in [0.15, 0.2) is 0 Å². The van der Waals surface area contributed by atoms with Crippen molar-refractivity contribution in [2.75, 3.05) is 13.2 Å². The Kier molecular flexibility index (Phi) is 10.3. The van der Waals surface area contributed by atoms with Gasteiger partial charge in [-0.1, -0.05) is 12.1 Å². The van der Waals surface area contributed by atoms with Crippen LogP contribution in [0, 0.1) is 10.8 Å². The zero-order valence-corrected chi connectivity index (χ0v) is 23.6. The predicted octanol–water partition coefficient (Wildman–Crippen LogP) is 5.78. The first-order chi connectivity index (χ1) is 19.8. The molecule has 4 rings (SSSR count). The summed E-state index contributed by atoms with van der Waals surface area (Å²) in [4.78, 5) is 13.2. The molecule has 0 radical (unpaired) electrons. The molecule has 0 unspecified atom stereocenters. The lowest BCUT2D eigenvalue weighted by atomic mass is 9.91. The minimum Gasteiger partial charge on any atom is -0.489 e. The number of carbonyl (C=O) groups excluding carboxylic acids is 1. The Morgan fingerprint density at radius 2 is 1.34 bits per heavy atom. The highest BCUT2D eigenvalue weighted by molar-refractivity contribution is 5.95. The summed E-state index contributed by atoms with van der Waals surface area (Å²) in [5.41, 5.74) is 8.70. The van der Waals surface area contributed by atoms with Gasteiger partial charge in [-0.25, -0.2) is 0 Å². The average Bonchev–Trinajstić information content (AvgIpc) is 2.98. The van der Waals surface area contributed by atoms with E-state index < -0.39 is 0 Å². The molecular formula is C32H38N4O5. The van der Waals surface area contributed by atoms with E-state index >= 15 is 0 Å². The average molecular weight is 559 g/mol. The number of benzene rings is 3. The number of hydrogen-bond donors (Lipinski definition) is 4. The van der Waals surface area contributed by atoms with Crippen LogP contribution in [0.5, 0.6) is 17.2 Å². The molecule has 5 N–H and O–H groups in total. The fourth-order valence-electron chi connectivity index (χ4n) is 4.56. The van der Waals surface area contributed by atoms with E-state index in [2.05, 4.69) is 5.32 Å². The van der Waals surface area contributed by atoms with Crippen molar-refractivity contribution in [2.45, 2.75) is 58.2 Å². The first kappa shape index (κ1) is 29.6. The summed E-state index contributed by atoms with van der Waals surface area (Å²) >= 11 is 0. The molecule has 9 heteroatoms. The van der Waals surface area contributed by atoms with Gasteiger partial charge in [-0.2, -0.15) is 0 Å². The van der Waals surface area contributed by atoms with Crippen molar-refractivity contribution in [2.24, 2.45) is 5.73 Å². The van der Waals surface area contributed by atoms with E-state index in [0.29, 0.717) is 47.2 Å². The van der Waals surface area contributed by atoms with Crippen molar-refractivity contribution >= 4 is 17.7 Å². The molecule has 3 aromatic rings. The van der Waals surface area contributed by atoms with Crippen LogP contribution >= 0.6 is 0 Å². The minimum absolute atomic E-state index is 0.0818. The highest BCUT2D eigenvalue weighted by Gasteiger charge is 2.21. The molecule has 9 nitrogen and oxygen atoms in total. The van der Waals surface area contributed by atoms with Gasteiger partial charge < -0.3 is 30.0 Å². The van der Waals surface area contributed by atoms with Crippen molar-refractivity contribution < 1.29 is 23.7 Å². The molecule has 41 heavy (non-hydrogen) atoms. The molecule has 0 bridgehead atoms. The first-order valence-corrected chi connectivity index (χ1v) is 14.0. The molecule has 0 atom stereocenters. The standard InChI is InChI=1S/C32H38N4O5/c1-3-38-30(34)22-7-5-21(6-8-22)20-40-28-17-24(32(37)36-26-13-11-25(33)12-14-26)18-29(19-28)41-27-15-9-23(10-16-27)31(35)39-4-2/h5-10,15-19,25-26,34-35H,3-4,11-14,20,33H2,1-2H3,(H,36,37). The van der Waals surface area contributed by atoms with E-state index in [4.69, 9.17) is 35.5 Å². The second-order valence-electron chi connectivity index (χ2n) is 9.91. The van der Waals surface area contributed by atoms with E-state index in [1.54, 1.807) is 42.5 Å². The molecule has 1 fully saturated rings. The van der Waals surface area contributed by atoms with E-state index in [1.165, 1.54) is 0 Å². The van der Waals surface area contributed by atoms with E-state index in [0.717, 1.165) is 31.2 Å². The molecule has 0 aromatic heterocycles. The van der Waals surface area contributed by atoms with Crippen molar-refractivity contribution in [3.05, 3.63) is 89.0 Å². The van der Waals surface area contributed by atoms with Crippen LogP contribution in [0.15, 0.2) is 66.7 Å². The Morgan fingerprint density at radius 3 is 1.93 bits per heavy atom. The van der Waals surface area contributed by atoms with Crippen molar-refractivity contribution in [1.82, 2.24) is 5.32 Å². The minimum atomic E-state index is -0.194. The lowest BCUT2D eigenvalue weighted by Crippen LogP contribution is -2.40. The predicted molar refractivity (Wildman–Crippen MR) is 158 cm³/mol. The van der Waals surface area contributed by atoms with Crippen molar-refractivity contribution in [1.29, 1.82) is 10.8 Å². The Morgan fingerprint density at radius 1 is 0.780 bits per heavy atom. The zero-order valence-electron chi connectivity index (χ0n) is 23.6. The number of carbonyl (C=O) groups is 1. The van der Waals surface area contributed by atoms with Gasteiger partial charge in [0.25, 0.3) is 5.91 Å². The van der Waals surface area contributed by atoms with Crippen LogP contribution in [-0.4, -0.2) is 43.0 Å². The molecule has 3 aromatic carbocycles. The first-order valence-electron chi connectivity index (χ1n) is 14.0. The Hall–Kier alpha value is -4.37. The third-order valence-corrected chi connectivity index (χ3v) is 6.80. The van der Waals surface area contributed by atoms with E-state index in [9.17, 15) is 4.79 Å². The second-order valence-corrected chi connectivity index (χ2v) is 9.91. The van der Waals surface area contributed by atoms with Crippen LogP contribution in [-0.2, 0) is 16.1 Å². The monoisotopic (exact) mass is 558 g/mol. The summed E-state index contributed by atoms with van der Waals surface area (Å²) in [5, 5.41) is 19.0. The number of hydrogen-bond acceptors (Lipinski definition) is 8. The molecule has 1 aliphatic carbocycles. The quantitative estimate of drug-likeness (QED) is 0.174. The van der Waals surface area contributed by atoms with E-state index in [-0.39, 0.29) is 36.4 Å². The summed E-state index contributed by atoms with van der Waals surface area (Å²) in [6, 6.07) is 19.8. The fraction of sp³-hybridized carbons (Fsp3) is 0.344. The number of ether oxygens (including phenoxy) is 4. The maximum atomic E-state index is 13.2. The summed E-state index contributed by atoms with van der Waals surface area (Å²) in [5.74, 6) is 1.52. The molecular weight excluding hydrogens is 520 g/mol. The maximum absolute atomic E-state index is 13.2. The summed E-state index contributed by atoms with van der Waals surface area (Å²) in [6.45, 7) is 4.80. The summed E-state index contributed by atoms with van der Waals surface area (Å²) in [6.07, 6.45) is 3.49. The Labute approximate surface area is 241 Å². The normalized spacial score (nSPS) is 16.4. The van der Waals surface area contributed by atoms with Crippen LogP contribution in [0.3, 0.4) is 0 Å². The maximum Gasteiger partial charge on any atom is 0.251 e. The van der Waals surface area contributed by atoms with Gasteiger partial charge in [-0.3, -0.25) is 15.6 Å². The molecule has 0 saturated heterocycles. The Balaban J connectivity index is 1.50. The topological polar surface area (TPSA) is 140 Å². The van der Waals surface area contributed by atoms with Crippen LogP contribution in [0.25, 0.3) is 0 Å². The van der Waals surface area contributed by atoms with Gasteiger partial charge in [0.1, 0.15) is 23.9 Å².